The van der Waals surface area contributed by atoms with E-state index in [1.54, 1.807) is 0 Å². The molecule has 0 saturated carbocycles. The molecule has 0 bridgehead atoms. The Bertz CT molecular complexity index is 1180. The van der Waals surface area contributed by atoms with Crippen LogP contribution in [0.15, 0.2) is 18.2 Å². The van der Waals surface area contributed by atoms with Gasteiger partial charge < -0.3 is 24.4 Å². The zero-order valence-corrected chi connectivity index (χ0v) is 22.9. The zero-order chi connectivity index (χ0) is 32.0. The molecule has 1 N–H and O–H groups in total. The van der Waals surface area contributed by atoms with E-state index in [1.807, 2.05) is 4.90 Å². The molecule has 4 rings (SSSR count). The Kier molecular flexibility index (Phi) is 8.83. The number of benzene rings is 1. The summed E-state index contributed by atoms with van der Waals surface area (Å²) >= 11 is 0. The maximum Gasteiger partial charge on any atom is 0.434 e. The third-order valence-electron chi connectivity index (χ3n) is 8.35. The number of alkyl halides is 9. The van der Waals surface area contributed by atoms with Crippen molar-refractivity contribution >= 4 is 17.7 Å². The van der Waals surface area contributed by atoms with Gasteiger partial charge in [-0.1, -0.05) is 6.07 Å². The second-order valence-electron chi connectivity index (χ2n) is 11.2. The fourth-order valence-corrected chi connectivity index (χ4v) is 5.99. The van der Waals surface area contributed by atoms with E-state index >= 15 is 0 Å². The van der Waals surface area contributed by atoms with Crippen molar-refractivity contribution in [3.8, 4) is 0 Å². The van der Waals surface area contributed by atoms with Gasteiger partial charge in [0, 0.05) is 37.4 Å². The van der Waals surface area contributed by atoms with Gasteiger partial charge in [-0.25, -0.2) is 9.59 Å². The molecule has 1 aromatic carbocycles. The first kappa shape index (κ1) is 33.0. The molecule has 0 aromatic heterocycles. The molecule has 3 fully saturated rings. The minimum absolute atomic E-state index is 0.0401. The fraction of sp³-hybridized carbons (Fsp3) is 0.692. The number of morpholine rings is 1. The highest BCUT2D eigenvalue weighted by Gasteiger charge is 2.60. The summed E-state index contributed by atoms with van der Waals surface area (Å²) in [4.78, 5) is 28.3. The van der Waals surface area contributed by atoms with Crippen molar-refractivity contribution in [2.75, 3.05) is 44.2 Å². The number of carbonyl (C=O) groups is 2. The number of hydrogen-bond acceptors (Lipinski definition) is 6. The zero-order valence-electron chi connectivity index (χ0n) is 22.9. The Morgan fingerprint density at radius 3 is 2.16 bits per heavy atom. The molecule has 0 aliphatic carbocycles. The number of ether oxygens (including phenoxy) is 2. The molecule has 1 atom stereocenters. The van der Waals surface area contributed by atoms with E-state index in [4.69, 9.17) is 4.74 Å². The van der Waals surface area contributed by atoms with Crippen LogP contribution < -0.4 is 4.90 Å². The normalized spacial score (nSPS) is 23.7. The number of halogens is 9. The van der Waals surface area contributed by atoms with Gasteiger partial charge in [0.05, 0.1) is 18.7 Å². The Labute approximate surface area is 240 Å². The van der Waals surface area contributed by atoms with E-state index in [-0.39, 0.29) is 57.9 Å². The summed E-state index contributed by atoms with van der Waals surface area (Å²) in [7, 11) is 0. The number of carboxylic acids is 1. The summed E-state index contributed by atoms with van der Waals surface area (Å²) in [5, 5.41) is 9.61. The lowest BCUT2D eigenvalue weighted by atomic mass is 9.84. The van der Waals surface area contributed by atoms with Crippen molar-refractivity contribution in [2.24, 2.45) is 0 Å². The molecule has 43 heavy (non-hydrogen) atoms. The number of nitrogens with zero attached hydrogens (tertiary/aromatic N) is 3. The lowest BCUT2D eigenvalue weighted by Gasteiger charge is -2.45. The van der Waals surface area contributed by atoms with Crippen LogP contribution in [0.5, 0.6) is 0 Å². The molecule has 1 unspecified atom stereocenters. The Balaban J connectivity index is 1.52. The van der Waals surface area contributed by atoms with Crippen LogP contribution in [-0.2, 0) is 27.0 Å². The van der Waals surface area contributed by atoms with Crippen LogP contribution >= 0.6 is 0 Å². The summed E-state index contributed by atoms with van der Waals surface area (Å²) in [6.45, 7) is 1.49. The predicted molar refractivity (Wildman–Crippen MR) is 131 cm³/mol. The summed E-state index contributed by atoms with van der Waals surface area (Å²) in [5.74, 6) is -1.27. The standard InChI is InChI=1S/C26H30F9N3O5/c1-22(20(39)40)15-37(11-12-42-22)18-13-17(24(27,28)29)4-3-16(18)14-38-8-2-5-23(38)6-9-36(10-7-23)21(41)43-19(25(30,31)32)26(33,34)35/h3-4,13,19H,2,5-12,14-15H2,1H3,(H,39,40). The lowest BCUT2D eigenvalue weighted by Crippen LogP contribution is -2.55. The van der Waals surface area contributed by atoms with E-state index < -0.39 is 53.4 Å². The van der Waals surface area contributed by atoms with Crippen LogP contribution in [0.1, 0.15) is 43.7 Å². The summed E-state index contributed by atoms with van der Waals surface area (Å²) in [5.41, 5.74) is -2.53. The third kappa shape index (κ3) is 7.07. The second-order valence-corrected chi connectivity index (χ2v) is 11.2. The number of aliphatic carboxylic acids is 1. The Hall–Kier alpha value is -2.95. The molecule has 1 amide bonds. The van der Waals surface area contributed by atoms with Crippen LogP contribution in [0, 0.1) is 0 Å². The van der Waals surface area contributed by atoms with Gasteiger partial charge in [-0.05, 0) is 56.8 Å². The van der Waals surface area contributed by atoms with Crippen molar-refractivity contribution in [3.05, 3.63) is 29.3 Å². The van der Waals surface area contributed by atoms with E-state index in [2.05, 4.69) is 4.74 Å². The number of anilines is 1. The van der Waals surface area contributed by atoms with Crippen LogP contribution in [0.3, 0.4) is 0 Å². The van der Waals surface area contributed by atoms with Crippen LogP contribution in [-0.4, -0.2) is 95.9 Å². The van der Waals surface area contributed by atoms with E-state index in [1.165, 1.54) is 17.9 Å². The Morgan fingerprint density at radius 2 is 1.60 bits per heavy atom. The first-order valence-corrected chi connectivity index (χ1v) is 13.4. The summed E-state index contributed by atoms with van der Waals surface area (Å²) in [6.07, 6.45) is -20.7. The van der Waals surface area contributed by atoms with Gasteiger partial charge in [-0.3, -0.25) is 4.90 Å². The number of rotatable bonds is 5. The van der Waals surface area contributed by atoms with Gasteiger partial charge in [0.2, 0.25) is 0 Å². The van der Waals surface area contributed by atoms with Crippen LogP contribution in [0.2, 0.25) is 0 Å². The lowest BCUT2D eigenvalue weighted by molar-refractivity contribution is -0.308. The van der Waals surface area contributed by atoms with Gasteiger partial charge in [-0.2, -0.15) is 39.5 Å². The van der Waals surface area contributed by atoms with E-state index in [0.29, 0.717) is 24.9 Å². The monoisotopic (exact) mass is 635 g/mol. The average Bonchev–Trinajstić information content (AvgIpc) is 3.26. The van der Waals surface area contributed by atoms with Gasteiger partial charge >= 0.3 is 30.6 Å². The molecule has 0 radical (unpaired) electrons. The number of hydrogen-bond donors (Lipinski definition) is 1. The minimum Gasteiger partial charge on any atom is -0.479 e. The molecule has 1 spiro atoms. The highest BCUT2D eigenvalue weighted by Crippen LogP contribution is 2.42. The molecular formula is C26H30F9N3O5. The molecule has 3 heterocycles. The molecular weight excluding hydrogens is 605 g/mol. The van der Waals surface area contributed by atoms with Crippen LogP contribution in [0.4, 0.5) is 50.0 Å². The van der Waals surface area contributed by atoms with Crippen molar-refractivity contribution in [3.63, 3.8) is 0 Å². The third-order valence-corrected chi connectivity index (χ3v) is 8.35. The SMILES string of the molecule is CC1(C(=O)O)CN(c2cc(C(F)(F)F)ccc2CN2CCCC23CCN(C(=O)OC(C(F)(F)F)C(F)(F)F)CC3)CCO1. The summed E-state index contributed by atoms with van der Waals surface area (Å²) < 4.78 is 127. The fourth-order valence-electron chi connectivity index (χ4n) is 5.99. The number of carboxylic acid groups (broad SMARTS) is 1. The highest BCUT2D eigenvalue weighted by molar-refractivity contribution is 5.78. The first-order chi connectivity index (χ1) is 19.8. The van der Waals surface area contributed by atoms with Crippen LogP contribution in [0.25, 0.3) is 0 Å². The minimum atomic E-state index is -5.84. The maximum absolute atomic E-state index is 13.6. The molecule has 242 valence electrons. The highest BCUT2D eigenvalue weighted by atomic mass is 19.4. The smallest absolute Gasteiger partial charge is 0.434 e. The number of amides is 1. The van der Waals surface area contributed by atoms with Gasteiger partial charge in [0.15, 0.2) is 5.60 Å². The maximum atomic E-state index is 13.6. The van der Waals surface area contributed by atoms with Crippen molar-refractivity contribution in [1.82, 2.24) is 9.80 Å². The first-order valence-electron chi connectivity index (χ1n) is 13.4. The second kappa shape index (κ2) is 11.5. The molecule has 8 nitrogen and oxygen atoms in total. The number of carbonyl (C=O) groups excluding carboxylic acids is 1. The number of piperidine rings is 1. The molecule has 3 aliphatic heterocycles. The average molecular weight is 636 g/mol. The van der Waals surface area contributed by atoms with Gasteiger partial charge in [0.1, 0.15) is 0 Å². The Morgan fingerprint density at radius 1 is 0.977 bits per heavy atom. The van der Waals surface area contributed by atoms with Crippen molar-refractivity contribution in [1.29, 1.82) is 0 Å². The largest absolute Gasteiger partial charge is 0.479 e. The summed E-state index contributed by atoms with van der Waals surface area (Å²) in [6, 6.07) is 3.20. The number of likely N-dealkylation sites (tertiary alicyclic amines) is 2. The van der Waals surface area contributed by atoms with Gasteiger partial charge in [0.25, 0.3) is 6.10 Å². The van der Waals surface area contributed by atoms with Crippen molar-refractivity contribution < 1.29 is 63.7 Å². The molecule has 3 saturated heterocycles. The topological polar surface area (TPSA) is 82.6 Å². The van der Waals surface area contributed by atoms with Crippen molar-refractivity contribution in [2.45, 2.75) is 74.9 Å². The predicted octanol–water partition coefficient (Wildman–Crippen LogP) is 5.45. The van der Waals surface area contributed by atoms with Gasteiger partial charge in [-0.15, -0.1) is 0 Å². The molecule has 17 heteroatoms. The molecule has 3 aliphatic rings. The van der Waals surface area contributed by atoms with E-state index in [0.717, 1.165) is 17.0 Å². The van der Waals surface area contributed by atoms with E-state index in [9.17, 15) is 54.2 Å². The quantitative estimate of drug-likeness (QED) is 0.432. The molecule has 1 aromatic rings.